The summed E-state index contributed by atoms with van der Waals surface area (Å²) in [6, 6.07) is 8.48. The van der Waals surface area contributed by atoms with E-state index < -0.39 is 11.6 Å². The molecule has 0 heterocycles. The van der Waals surface area contributed by atoms with Gasteiger partial charge in [-0.25, -0.2) is 8.78 Å². The number of ether oxygens (including phenoxy) is 2. The summed E-state index contributed by atoms with van der Waals surface area (Å²) < 4.78 is 37.7. The second-order valence-corrected chi connectivity index (χ2v) is 4.74. The largest absolute Gasteiger partial charge is 0.496 e. The Morgan fingerprint density at radius 2 is 1.84 bits per heavy atom. The molecule has 0 aliphatic rings. The van der Waals surface area contributed by atoms with Crippen molar-refractivity contribution in [1.29, 1.82) is 0 Å². The van der Waals surface area contributed by atoms with Gasteiger partial charge in [0.25, 0.3) is 0 Å². The van der Waals surface area contributed by atoms with Gasteiger partial charge in [-0.05, 0) is 30.3 Å². The summed E-state index contributed by atoms with van der Waals surface area (Å²) in [6.45, 7) is 0.0863. The molecule has 0 atom stereocenters. The zero-order valence-corrected chi connectivity index (χ0v) is 11.7. The van der Waals surface area contributed by atoms with E-state index in [1.54, 1.807) is 12.1 Å². The third kappa shape index (κ3) is 3.44. The first-order valence-electron chi connectivity index (χ1n) is 5.50. The average Bonchev–Trinajstić information content (AvgIpc) is 2.40. The van der Waals surface area contributed by atoms with Crippen LogP contribution in [-0.2, 0) is 6.61 Å². The van der Waals surface area contributed by atoms with Gasteiger partial charge in [0.1, 0.15) is 18.2 Å². The van der Waals surface area contributed by atoms with Crippen molar-refractivity contribution < 1.29 is 18.3 Å². The zero-order chi connectivity index (χ0) is 13.8. The molecule has 0 aliphatic heterocycles. The van der Waals surface area contributed by atoms with E-state index in [0.717, 1.165) is 28.2 Å². The van der Waals surface area contributed by atoms with Gasteiger partial charge < -0.3 is 9.47 Å². The Kier molecular flexibility index (Phi) is 4.37. The van der Waals surface area contributed by atoms with Crippen LogP contribution in [0.2, 0.25) is 0 Å². The SMILES string of the molecule is COc1ccc(Br)cc1COc1cc(F)ccc1F. The number of rotatable bonds is 4. The summed E-state index contributed by atoms with van der Waals surface area (Å²) in [6.07, 6.45) is 0. The third-order valence-electron chi connectivity index (χ3n) is 2.52. The van der Waals surface area contributed by atoms with E-state index in [9.17, 15) is 8.78 Å². The Morgan fingerprint density at radius 3 is 2.58 bits per heavy atom. The fourth-order valence-electron chi connectivity index (χ4n) is 1.60. The predicted molar refractivity (Wildman–Crippen MR) is 71.4 cm³/mol. The molecule has 0 aliphatic carbocycles. The molecule has 0 aromatic heterocycles. The van der Waals surface area contributed by atoms with Crippen LogP contribution in [0.4, 0.5) is 8.78 Å². The Hall–Kier alpha value is -1.62. The van der Waals surface area contributed by atoms with Crippen LogP contribution in [-0.4, -0.2) is 7.11 Å². The molecule has 0 bridgehead atoms. The molecular weight excluding hydrogens is 318 g/mol. The summed E-state index contributed by atoms with van der Waals surface area (Å²) in [7, 11) is 1.54. The van der Waals surface area contributed by atoms with Crippen molar-refractivity contribution in [2.75, 3.05) is 7.11 Å². The van der Waals surface area contributed by atoms with Gasteiger partial charge in [0.2, 0.25) is 0 Å². The van der Waals surface area contributed by atoms with Crippen molar-refractivity contribution in [2.45, 2.75) is 6.61 Å². The molecule has 5 heteroatoms. The summed E-state index contributed by atoms with van der Waals surface area (Å²) in [5.41, 5.74) is 0.737. The maximum Gasteiger partial charge on any atom is 0.165 e. The number of halogens is 3. The monoisotopic (exact) mass is 328 g/mol. The second-order valence-electron chi connectivity index (χ2n) is 3.82. The highest BCUT2D eigenvalue weighted by atomic mass is 79.9. The smallest absolute Gasteiger partial charge is 0.165 e. The minimum Gasteiger partial charge on any atom is -0.496 e. The zero-order valence-electron chi connectivity index (χ0n) is 10.1. The van der Waals surface area contributed by atoms with Gasteiger partial charge in [-0.2, -0.15) is 0 Å². The van der Waals surface area contributed by atoms with Gasteiger partial charge in [0, 0.05) is 16.1 Å². The molecule has 0 saturated heterocycles. The van der Waals surface area contributed by atoms with E-state index >= 15 is 0 Å². The van der Waals surface area contributed by atoms with Crippen molar-refractivity contribution in [3.05, 3.63) is 58.1 Å². The average molecular weight is 329 g/mol. The first kappa shape index (κ1) is 13.8. The van der Waals surface area contributed by atoms with E-state index in [2.05, 4.69) is 15.9 Å². The van der Waals surface area contributed by atoms with Gasteiger partial charge in [0.15, 0.2) is 11.6 Å². The Morgan fingerprint density at radius 1 is 1.05 bits per heavy atom. The molecule has 100 valence electrons. The molecule has 2 aromatic rings. The fourth-order valence-corrected chi connectivity index (χ4v) is 2.01. The molecule has 0 fully saturated rings. The lowest BCUT2D eigenvalue weighted by atomic mass is 10.2. The first-order valence-corrected chi connectivity index (χ1v) is 6.29. The maximum absolute atomic E-state index is 13.4. The van der Waals surface area contributed by atoms with Crippen LogP contribution in [0.15, 0.2) is 40.9 Å². The van der Waals surface area contributed by atoms with Crippen LogP contribution in [0.25, 0.3) is 0 Å². The number of hydrogen-bond donors (Lipinski definition) is 0. The van der Waals surface area contributed by atoms with E-state index in [1.165, 1.54) is 7.11 Å². The minimum atomic E-state index is -0.602. The topological polar surface area (TPSA) is 18.5 Å². The maximum atomic E-state index is 13.4. The lowest BCUT2D eigenvalue weighted by molar-refractivity contribution is 0.281. The van der Waals surface area contributed by atoms with Crippen molar-refractivity contribution in [3.8, 4) is 11.5 Å². The van der Waals surface area contributed by atoms with Gasteiger partial charge in [-0.1, -0.05) is 15.9 Å². The van der Waals surface area contributed by atoms with E-state index in [4.69, 9.17) is 9.47 Å². The number of benzene rings is 2. The molecule has 2 rings (SSSR count). The van der Waals surface area contributed by atoms with Crippen LogP contribution in [0.5, 0.6) is 11.5 Å². The lowest BCUT2D eigenvalue weighted by Crippen LogP contribution is -2.00. The molecule has 0 spiro atoms. The number of methoxy groups -OCH3 is 1. The van der Waals surface area contributed by atoms with Crippen LogP contribution in [0.3, 0.4) is 0 Å². The molecular formula is C14H11BrF2O2. The van der Waals surface area contributed by atoms with Gasteiger partial charge >= 0.3 is 0 Å². The molecule has 0 N–H and O–H groups in total. The molecule has 2 nitrogen and oxygen atoms in total. The highest BCUT2D eigenvalue weighted by Crippen LogP contribution is 2.25. The summed E-state index contributed by atoms with van der Waals surface area (Å²) >= 11 is 3.33. The Bertz CT molecular complexity index is 588. The molecule has 0 saturated carbocycles. The Labute approximate surface area is 118 Å². The van der Waals surface area contributed by atoms with Crippen molar-refractivity contribution in [2.24, 2.45) is 0 Å². The van der Waals surface area contributed by atoms with Gasteiger partial charge in [0.05, 0.1) is 7.11 Å². The van der Waals surface area contributed by atoms with Gasteiger partial charge in [-0.15, -0.1) is 0 Å². The standard InChI is InChI=1S/C14H11BrF2O2/c1-18-13-5-2-10(15)6-9(13)8-19-14-7-11(16)3-4-12(14)17/h2-7H,8H2,1H3. The first-order chi connectivity index (χ1) is 9.10. The molecule has 19 heavy (non-hydrogen) atoms. The number of hydrogen-bond acceptors (Lipinski definition) is 2. The van der Waals surface area contributed by atoms with E-state index in [-0.39, 0.29) is 12.4 Å². The molecule has 0 radical (unpaired) electrons. The molecule has 0 unspecified atom stereocenters. The van der Waals surface area contributed by atoms with Crippen molar-refractivity contribution in [3.63, 3.8) is 0 Å². The second kappa shape index (κ2) is 6.02. The predicted octanol–water partition coefficient (Wildman–Crippen LogP) is 4.31. The van der Waals surface area contributed by atoms with Crippen LogP contribution >= 0.6 is 15.9 Å². The molecule has 2 aromatic carbocycles. The van der Waals surface area contributed by atoms with Crippen molar-refractivity contribution >= 4 is 15.9 Å². The quantitative estimate of drug-likeness (QED) is 0.832. The van der Waals surface area contributed by atoms with Crippen molar-refractivity contribution in [1.82, 2.24) is 0 Å². The normalized spacial score (nSPS) is 10.3. The Balaban J connectivity index is 2.18. The summed E-state index contributed by atoms with van der Waals surface area (Å²) in [4.78, 5) is 0. The van der Waals surface area contributed by atoms with E-state index in [1.807, 2.05) is 6.07 Å². The van der Waals surface area contributed by atoms with Crippen LogP contribution in [0, 0.1) is 11.6 Å². The lowest BCUT2D eigenvalue weighted by Gasteiger charge is -2.11. The van der Waals surface area contributed by atoms with Crippen LogP contribution < -0.4 is 9.47 Å². The highest BCUT2D eigenvalue weighted by molar-refractivity contribution is 9.10. The fraction of sp³-hybridized carbons (Fsp3) is 0.143. The molecule has 0 amide bonds. The summed E-state index contributed by atoms with van der Waals surface area (Å²) in [5, 5.41) is 0. The minimum absolute atomic E-state index is 0.0863. The summed E-state index contributed by atoms with van der Waals surface area (Å²) in [5.74, 6) is -0.644. The van der Waals surface area contributed by atoms with Crippen LogP contribution in [0.1, 0.15) is 5.56 Å². The van der Waals surface area contributed by atoms with Gasteiger partial charge in [-0.3, -0.25) is 0 Å². The highest BCUT2D eigenvalue weighted by Gasteiger charge is 2.08. The van der Waals surface area contributed by atoms with E-state index in [0.29, 0.717) is 5.75 Å². The third-order valence-corrected chi connectivity index (χ3v) is 3.01.